The fraction of sp³-hybridized carbons (Fsp3) is 0.500. The molecule has 3 heterocycles. The number of nitrogens with zero attached hydrogens (tertiary/aromatic N) is 1. The second-order valence-corrected chi connectivity index (χ2v) is 6.81. The van der Waals surface area contributed by atoms with Gasteiger partial charge in [-0.1, -0.05) is 12.1 Å². The van der Waals surface area contributed by atoms with Crippen molar-refractivity contribution >= 4 is 16.9 Å². The van der Waals surface area contributed by atoms with Crippen molar-refractivity contribution < 1.29 is 28.8 Å². The molecule has 4 rings (SSSR count). The summed E-state index contributed by atoms with van der Waals surface area (Å²) in [7, 11) is 0. The number of para-hydroxylation sites is 1. The lowest BCUT2D eigenvalue weighted by Gasteiger charge is -2.22. The molecule has 0 amide bonds. The van der Waals surface area contributed by atoms with Crippen LogP contribution < -0.4 is 10.3 Å². The number of aryl methyl sites for hydroxylation is 1. The predicted octanol–water partition coefficient (Wildman–Crippen LogP) is 1.10. The van der Waals surface area contributed by atoms with Crippen molar-refractivity contribution in [2.24, 2.45) is 0 Å². The fourth-order valence-electron chi connectivity index (χ4n) is 3.89. The van der Waals surface area contributed by atoms with Crippen LogP contribution in [0.2, 0.25) is 0 Å². The Morgan fingerprint density at radius 2 is 1.96 bits per heavy atom. The zero-order valence-electron chi connectivity index (χ0n) is 15.8. The van der Waals surface area contributed by atoms with Gasteiger partial charge in [-0.15, -0.1) is 0 Å². The summed E-state index contributed by atoms with van der Waals surface area (Å²) in [6.07, 6.45) is -2.20. The molecule has 1 aromatic carbocycles. The number of carbonyl (C=O) groups is 1. The quantitative estimate of drug-likeness (QED) is 0.765. The molecule has 0 unspecified atom stereocenters. The molecule has 2 saturated heterocycles. The van der Waals surface area contributed by atoms with E-state index in [2.05, 4.69) is 0 Å². The highest BCUT2D eigenvalue weighted by Crippen LogP contribution is 2.34. The van der Waals surface area contributed by atoms with Crippen LogP contribution in [0.25, 0.3) is 10.9 Å². The van der Waals surface area contributed by atoms with Gasteiger partial charge in [-0.2, -0.15) is 0 Å². The zero-order valence-corrected chi connectivity index (χ0v) is 15.8. The Balaban J connectivity index is 1.85. The zero-order chi connectivity index (χ0) is 19.8. The maximum atomic E-state index is 13.1. The molecule has 2 fully saturated rings. The van der Waals surface area contributed by atoms with Gasteiger partial charge in [-0.05, 0) is 26.0 Å². The topological polar surface area (TPSA) is 96.2 Å². The van der Waals surface area contributed by atoms with Gasteiger partial charge in [-0.25, -0.2) is 4.79 Å². The Hall–Kier alpha value is -2.42. The summed E-state index contributed by atoms with van der Waals surface area (Å²) in [6, 6.07) is 7.26. The Morgan fingerprint density at radius 3 is 2.71 bits per heavy atom. The summed E-state index contributed by atoms with van der Waals surface area (Å²) in [5.41, 5.74) is 0.0720. The van der Waals surface area contributed by atoms with E-state index in [0.717, 1.165) is 0 Å². The van der Waals surface area contributed by atoms with Gasteiger partial charge in [0.1, 0.15) is 24.1 Å². The van der Waals surface area contributed by atoms with Crippen LogP contribution in [0.15, 0.2) is 29.1 Å². The number of ether oxygens (including phenoxy) is 4. The smallest absolute Gasteiger partial charge is 0.347 e. The summed E-state index contributed by atoms with van der Waals surface area (Å²) in [5.74, 6) is -0.554. The molecule has 8 nitrogen and oxygen atoms in total. The van der Waals surface area contributed by atoms with Gasteiger partial charge in [0.2, 0.25) is 0 Å². The van der Waals surface area contributed by atoms with E-state index in [-0.39, 0.29) is 31.1 Å². The average Bonchev–Trinajstić information content (AvgIpc) is 3.25. The van der Waals surface area contributed by atoms with Gasteiger partial charge in [0, 0.05) is 11.9 Å². The minimum absolute atomic E-state index is 0.135. The Kier molecular flexibility index (Phi) is 5.09. The first-order valence-electron chi connectivity index (χ1n) is 9.47. The van der Waals surface area contributed by atoms with Crippen molar-refractivity contribution in [1.29, 1.82) is 0 Å². The van der Waals surface area contributed by atoms with Crippen molar-refractivity contribution in [3.05, 3.63) is 40.2 Å². The lowest BCUT2D eigenvalue weighted by molar-refractivity contribution is 0.00847. The van der Waals surface area contributed by atoms with E-state index in [0.29, 0.717) is 17.4 Å². The number of carbonyl (C=O) groups excluding carboxylic acids is 1. The molecule has 150 valence electrons. The second kappa shape index (κ2) is 7.54. The van der Waals surface area contributed by atoms with Crippen LogP contribution in [0.3, 0.4) is 0 Å². The average molecular weight is 389 g/mol. The van der Waals surface area contributed by atoms with Gasteiger partial charge < -0.3 is 28.6 Å². The lowest BCUT2D eigenvalue weighted by Crippen LogP contribution is -2.36. The molecular weight excluding hydrogens is 366 g/mol. The minimum Gasteiger partial charge on any atom is -0.483 e. The molecule has 8 heteroatoms. The number of hydrogen-bond acceptors (Lipinski definition) is 7. The van der Waals surface area contributed by atoms with Crippen molar-refractivity contribution in [3.63, 3.8) is 0 Å². The molecule has 1 N–H and O–H groups in total. The van der Waals surface area contributed by atoms with E-state index in [1.807, 2.05) is 25.1 Å². The highest BCUT2D eigenvalue weighted by Gasteiger charge is 2.49. The van der Waals surface area contributed by atoms with Gasteiger partial charge in [0.15, 0.2) is 11.7 Å². The van der Waals surface area contributed by atoms with Crippen LogP contribution in [0.1, 0.15) is 24.2 Å². The maximum absolute atomic E-state index is 13.1. The van der Waals surface area contributed by atoms with Crippen LogP contribution in [0.4, 0.5) is 0 Å². The number of fused-ring (bicyclic) bond motifs is 2. The predicted molar refractivity (Wildman–Crippen MR) is 99.7 cm³/mol. The minimum atomic E-state index is -0.724. The summed E-state index contributed by atoms with van der Waals surface area (Å²) in [4.78, 5) is 25.7. The van der Waals surface area contributed by atoms with E-state index in [4.69, 9.17) is 18.9 Å². The monoisotopic (exact) mass is 389 g/mol. The summed E-state index contributed by atoms with van der Waals surface area (Å²) in [6.45, 7) is 4.42. The van der Waals surface area contributed by atoms with E-state index in [9.17, 15) is 14.7 Å². The number of esters is 1. The molecule has 0 aliphatic carbocycles. The molecule has 2 aliphatic heterocycles. The highest BCUT2D eigenvalue weighted by molar-refractivity contribution is 5.99. The Labute approximate surface area is 161 Å². The second-order valence-electron chi connectivity index (χ2n) is 6.81. The SMILES string of the molecule is CCOC(=O)c1c(O[C@H]2CO[C@H]3[C@@H]2OC[C@@H]3O)c2ccccc2n(CC)c1=O. The molecule has 0 spiro atoms. The summed E-state index contributed by atoms with van der Waals surface area (Å²) >= 11 is 0. The fourth-order valence-corrected chi connectivity index (χ4v) is 3.89. The van der Waals surface area contributed by atoms with Crippen LogP contribution in [0, 0.1) is 0 Å². The van der Waals surface area contributed by atoms with Crippen LogP contribution in [0.5, 0.6) is 5.75 Å². The first-order chi connectivity index (χ1) is 13.6. The Morgan fingerprint density at radius 1 is 1.21 bits per heavy atom. The molecule has 4 atom stereocenters. The number of benzene rings is 1. The van der Waals surface area contributed by atoms with Crippen LogP contribution >= 0.6 is 0 Å². The molecular formula is C20H23NO7. The highest BCUT2D eigenvalue weighted by atomic mass is 16.6. The van der Waals surface area contributed by atoms with Gasteiger partial charge in [-0.3, -0.25) is 4.79 Å². The largest absolute Gasteiger partial charge is 0.483 e. The van der Waals surface area contributed by atoms with E-state index in [1.54, 1.807) is 13.0 Å². The number of aromatic nitrogens is 1. The first kappa shape index (κ1) is 18.9. The van der Waals surface area contributed by atoms with Gasteiger partial charge in [0.05, 0.1) is 25.3 Å². The van der Waals surface area contributed by atoms with Crippen molar-refractivity contribution in [2.75, 3.05) is 19.8 Å². The third-order valence-electron chi connectivity index (χ3n) is 5.17. The van der Waals surface area contributed by atoms with Crippen LogP contribution in [-0.2, 0) is 20.8 Å². The van der Waals surface area contributed by atoms with E-state index < -0.39 is 35.9 Å². The number of hydrogen-bond donors (Lipinski definition) is 1. The number of aliphatic hydroxyl groups is 1. The Bertz CT molecular complexity index is 953. The molecule has 1 aromatic heterocycles. The third-order valence-corrected chi connectivity index (χ3v) is 5.17. The van der Waals surface area contributed by atoms with E-state index in [1.165, 1.54) is 4.57 Å². The molecule has 0 radical (unpaired) electrons. The maximum Gasteiger partial charge on any atom is 0.347 e. The third kappa shape index (κ3) is 2.97. The molecule has 2 aromatic rings. The number of rotatable bonds is 5. The van der Waals surface area contributed by atoms with Crippen molar-refractivity contribution in [2.45, 2.75) is 44.8 Å². The van der Waals surface area contributed by atoms with E-state index >= 15 is 0 Å². The number of pyridine rings is 1. The van der Waals surface area contributed by atoms with Gasteiger partial charge in [0.25, 0.3) is 5.56 Å². The standard InChI is InChI=1S/C20H23NO7/c1-3-21-12-8-6-5-7-11(12)16(15(19(21)23)20(24)25-4-2)28-14-10-27-17-13(22)9-26-18(14)17/h5-8,13-14,17-18,22H,3-4,9-10H2,1-2H3/t13-,14-,17+,18+/m0/s1. The lowest BCUT2D eigenvalue weighted by atomic mass is 10.1. The number of aliphatic hydroxyl groups excluding tert-OH is 1. The molecule has 0 bridgehead atoms. The summed E-state index contributed by atoms with van der Waals surface area (Å²) in [5, 5.41) is 10.6. The normalized spacial score (nSPS) is 26.4. The summed E-state index contributed by atoms with van der Waals surface area (Å²) < 4.78 is 24.0. The van der Waals surface area contributed by atoms with Crippen LogP contribution in [-0.4, -0.2) is 59.9 Å². The molecule has 2 aliphatic rings. The van der Waals surface area contributed by atoms with Gasteiger partial charge >= 0.3 is 5.97 Å². The van der Waals surface area contributed by atoms with Crippen molar-refractivity contribution in [3.8, 4) is 5.75 Å². The first-order valence-corrected chi connectivity index (χ1v) is 9.47. The molecule has 28 heavy (non-hydrogen) atoms. The molecule has 0 saturated carbocycles. The van der Waals surface area contributed by atoms with Crippen molar-refractivity contribution in [1.82, 2.24) is 4.57 Å².